The lowest BCUT2D eigenvalue weighted by Crippen LogP contribution is -2.07. The van der Waals surface area contributed by atoms with Crippen LogP contribution in [0.1, 0.15) is 15.9 Å². The molecular formula is C17H17NO7. The molecule has 0 atom stereocenters. The number of benzene rings is 2. The van der Waals surface area contributed by atoms with E-state index in [0.29, 0.717) is 5.75 Å². The fourth-order valence-corrected chi connectivity index (χ4v) is 2.13. The van der Waals surface area contributed by atoms with Gasteiger partial charge in [0, 0.05) is 6.07 Å². The number of nitrogens with zero attached hydrogens (tertiary/aromatic N) is 1. The van der Waals surface area contributed by atoms with E-state index in [4.69, 9.17) is 14.2 Å². The SMILES string of the molecule is COC(=O)c1cc(OC)c(OCc2ccc(OC)cc2)cc1[N+](=O)[O-]. The Bertz CT molecular complexity index is 771. The number of carbonyl (C=O) groups excluding carboxylic acids is 1. The molecule has 0 saturated carbocycles. The van der Waals surface area contributed by atoms with Crippen LogP contribution in [-0.4, -0.2) is 32.2 Å². The average molecular weight is 347 g/mol. The maximum atomic E-state index is 11.7. The van der Waals surface area contributed by atoms with E-state index in [1.807, 2.05) is 12.1 Å². The van der Waals surface area contributed by atoms with Crippen LogP contribution in [-0.2, 0) is 11.3 Å². The fraction of sp³-hybridized carbons (Fsp3) is 0.235. The molecular weight excluding hydrogens is 330 g/mol. The van der Waals surface area contributed by atoms with Gasteiger partial charge in [-0.15, -0.1) is 0 Å². The molecule has 0 N–H and O–H groups in total. The zero-order valence-electron chi connectivity index (χ0n) is 14.0. The summed E-state index contributed by atoms with van der Waals surface area (Å²) in [6.07, 6.45) is 0. The molecule has 0 saturated heterocycles. The zero-order chi connectivity index (χ0) is 18.4. The molecule has 132 valence electrons. The van der Waals surface area contributed by atoms with Crippen LogP contribution in [0.3, 0.4) is 0 Å². The van der Waals surface area contributed by atoms with Crippen LogP contribution in [0.15, 0.2) is 36.4 Å². The number of hydrogen-bond acceptors (Lipinski definition) is 7. The summed E-state index contributed by atoms with van der Waals surface area (Å²) in [5, 5.41) is 11.2. The van der Waals surface area contributed by atoms with Crippen molar-refractivity contribution < 1.29 is 28.7 Å². The summed E-state index contributed by atoms with van der Waals surface area (Å²) in [5.74, 6) is 0.225. The van der Waals surface area contributed by atoms with Gasteiger partial charge in [0.1, 0.15) is 17.9 Å². The van der Waals surface area contributed by atoms with Crippen molar-refractivity contribution in [3.05, 3.63) is 57.6 Å². The van der Waals surface area contributed by atoms with Crippen molar-refractivity contribution in [3.8, 4) is 17.2 Å². The van der Waals surface area contributed by atoms with E-state index in [2.05, 4.69) is 4.74 Å². The van der Waals surface area contributed by atoms with Crippen LogP contribution in [0.25, 0.3) is 0 Å². The molecule has 0 aliphatic carbocycles. The van der Waals surface area contributed by atoms with E-state index < -0.39 is 16.6 Å². The molecule has 0 radical (unpaired) electrons. The number of rotatable bonds is 7. The van der Waals surface area contributed by atoms with Crippen molar-refractivity contribution in [1.29, 1.82) is 0 Å². The number of methoxy groups -OCH3 is 3. The number of nitro groups is 1. The van der Waals surface area contributed by atoms with Gasteiger partial charge < -0.3 is 18.9 Å². The predicted octanol–water partition coefficient (Wildman–Crippen LogP) is 2.98. The second kappa shape index (κ2) is 8.00. The van der Waals surface area contributed by atoms with Crippen LogP contribution >= 0.6 is 0 Å². The van der Waals surface area contributed by atoms with E-state index in [9.17, 15) is 14.9 Å². The van der Waals surface area contributed by atoms with E-state index >= 15 is 0 Å². The lowest BCUT2D eigenvalue weighted by atomic mass is 10.1. The summed E-state index contributed by atoms with van der Waals surface area (Å²) in [4.78, 5) is 22.3. The molecule has 2 aromatic rings. The van der Waals surface area contributed by atoms with Crippen LogP contribution < -0.4 is 14.2 Å². The van der Waals surface area contributed by atoms with Gasteiger partial charge in [0.25, 0.3) is 5.69 Å². The topological polar surface area (TPSA) is 97.1 Å². The monoisotopic (exact) mass is 347 g/mol. The predicted molar refractivity (Wildman–Crippen MR) is 88.3 cm³/mol. The van der Waals surface area contributed by atoms with Crippen LogP contribution in [0, 0.1) is 10.1 Å². The van der Waals surface area contributed by atoms with Crippen molar-refractivity contribution in [2.75, 3.05) is 21.3 Å². The highest BCUT2D eigenvalue weighted by atomic mass is 16.6. The molecule has 0 aliphatic heterocycles. The number of ether oxygens (including phenoxy) is 4. The van der Waals surface area contributed by atoms with Gasteiger partial charge in [0.15, 0.2) is 11.5 Å². The van der Waals surface area contributed by atoms with Crippen LogP contribution in [0.2, 0.25) is 0 Å². The molecule has 0 amide bonds. The first-order valence-corrected chi connectivity index (χ1v) is 7.20. The third-order valence-corrected chi connectivity index (χ3v) is 3.44. The number of carbonyl (C=O) groups is 1. The Balaban J connectivity index is 2.30. The summed E-state index contributed by atoms with van der Waals surface area (Å²) in [6.45, 7) is 0.162. The summed E-state index contributed by atoms with van der Waals surface area (Å²) in [6, 6.07) is 9.55. The minimum absolute atomic E-state index is 0.151. The van der Waals surface area contributed by atoms with E-state index in [1.54, 1.807) is 19.2 Å². The summed E-state index contributed by atoms with van der Waals surface area (Å²) in [7, 11) is 4.09. The molecule has 0 fully saturated rings. The highest BCUT2D eigenvalue weighted by Crippen LogP contribution is 2.35. The summed E-state index contributed by atoms with van der Waals surface area (Å²) < 4.78 is 20.4. The molecule has 0 unspecified atom stereocenters. The maximum Gasteiger partial charge on any atom is 0.345 e. The van der Waals surface area contributed by atoms with Gasteiger partial charge in [0.05, 0.1) is 32.3 Å². The highest BCUT2D eigenvalue weighted by Gasteiger charge is 2.25. The molecule has 8 nitrogen and oxygen atoms in total. The van der Waals surface area contributed by atoms with Gasteiger partial charge in [-0.3, -0.25) is 10.1 Å². The molecule has 0 aliphatic rings. The lowest BCUT2D eigenvalue weighted by Gasteiger charge is -2.12. The molecule has 2 rings (SSSR count). The van der Waals surface area contributed by atoms with Crippen LogP contribution in [0.4, 0.5) is 5.69 Å². The van der Waals surface area contributed by atoms with Crippen LogP contribution in [0.5, 0.6) is 17.2 Å². The Hall–Kier alpha value is -3.29. The van der Waals surface area contributed by atoms with Gasteiger partial charge in [-0.1, -0.05) is 12.1 Å². The molecule has 0 bridgehead atoms. The first kappa shape index (κ1) is 18.1. The first-order valence-electron chi connectivity index (χ1n) is 7.20. The molecule has 0 heterocycles. The number of hydrogen-bond donors (Lipinski definition) is 0. The number of nitro benzene ring substituents is 1. The molecule has 0 aromatic heterocycles. The zero-order valence-corrected chi connectivity index (χ0v) is 14.0. The molecule has 2 aromatic carbocycles. The van der Waals surface area contributed by atoms with Crippen molar-refractivity contribution >= 4 is 11.7 Å². The Morgan fingerprint density at radius 2 is 1.72 bits per heavy atom. The largest absolute Gasteiger partial charge is 0.497 e. The second-order valence-corrected chi connectivity index (χ2v) is 4.91. The van der Waals surface area contributed by atoms with Gasteiger partial charge >= 0.3 is 5.97 Å². The standard InChI is InChI=1S/C17H17NO7/c1-22-12-6-4-11(5-7-12)10-25-16-9-14(18(20)21)13(17(19)24-3)8-15(16)23-2/h4-9H,10H2,1-3H3. The van der Waals surface area contributed by atoms with Crippen molar-refractivity contribution in [2.45, 2.75) is 6.61 Å². The molecule has 8 heteroatoms. The Morgan fingerprint density at radius 3 is 2.24 bits per heavy atom. The molecule has 0 spiro atoms. The van der Waals surface area contributed by atoms with Gasteiger partial charge in [-0.05, 0) is 17.7 Å². The smallest absolute Gasteiger partial charge is 0.345 e. The minimum atomic E-state index is -0.827. The first-order chi connectivity index (χ1) is 12.0. The lowest BCUT2D eigenvalue weighted by molar-refractivity contribution is -0.385. The Kier molecular flexibility index (Phi) is 5.78. The normalized spacial score (nSPS) is 10.0. The quantitative estimate of drug-likeness (QED) is 0.431. The minimum Gasteiger partial charge on any atom is -0.497 e. The fourth-order valence-electron chi connectivity index (χ4n) is 2.13. The van der Waals surface area contributed by atoms with Crippen molar-refractivity contribution in [3.63, 3.8) is 0 Å². The van der Waals surface area contributed by atoms with Crippen molar-refractivity contribution in [2.24, 2.45) is 0 Å². The van der Waals surface area contributed by atoms with Crippen molar-refractivity contribution in [1.82, 2.24) is 0 Å². The molecule has 25 heavy (non-hydrogen) atoms. The number of esters is 1. The van der Waals surface area contributed by atoms with E-state index in [0.717, 1.165) is 18.7 Å². The second-order valence-electron chi connectivity index (χ2n) is 4.91. The van der Waals surface area contributed by atoms with Gasteiger partial charge in [0.2, 0.25) is 0 Å². The van der Waals surface area contributed by atoms with E-state index in [-0.39, 0.29) is 23.7 Å². The van der Waals surface area contributed by atoms with Gasteiger partial charge in [-0.2, -0.15) is 0 Å². The Labute approximate surface area is 144 Å². The maximum absolute atomic E-state index is 11.7. The van der Waals surface area contributed by atoms with E-state index in [1.165, 1.54) is 13.2 Å². The summed E-state index contributed by atoms with van der Waals surface area (Å²) >= 11 is 0. The highest BCUT2D eigenvalue weighted by molar-refractivity contribution is 5.94. The average Bonchev–Trinajstić information content (AvgIpc) is 2.65. The Morgan fingerprint density at radius 1 is 1.04 bits per heavy atom. The van der Waals surface area contributed by atoms with Gasteiger partial charge in [-0.25, -0.2) is 4.79 Å². The third kappa shape index (κ3) is 4.17. The third-order valence-electron chi connectivity index (χ3n) is 3.44. The summed E-state index contributed by atoms with van der Waals surface area (Å²) in [5.41, 5.74) is 0.209.